The highest BCUT2D eigenvalue weighted by atomic mass is 32.2. The number of hydrogen-bond donors (Lipinski definition) is 4. The SMILES string of the molecule is Cc1cc(NC2=CN(Sc3ccc(NC(=O)NC(C)C)cc3)Cc3nccn32)n[nH]1. The Morgan fingerprint density at radius 3 is 2.77 bits per heavy atom. The molecule has 0 radical (unpaired) electrons. The van der Waals surface area contributed by atoms with Gasteiger partial charge in [-0.3, -0.25) is 9.67 Å². The minimum atomic E-state index is -0.208. The summed E-state index contributed by atoms with van der Waals surface area (Å²) in [5.74, 6) is 2.56. The van der Waals surface area contributed by atoms with Crippen LogP contribution in [-0.4, -0.2) is 36.1 Å². The van der Waals surface area contributed by atoms with Gasteiger partial charge >= 0.3 is 6.03 Å². The second-order valence-electron chi connectivity index (χ2n) is 7.23. The molecule has 3 aromatic rings. The van der Waals surface area contributed by atoms with E-state index in [4.69, 9.17) is 0 Å². The average Bonchev–Trinajstić information content (AvgIpc) is 3.31. The molecule has 0 saturated heterocycles. The minimum absolute atomic E-state index is 0.0893. The predicted octanol–water partition coefficient (Wildman–Crippen LogP) is 3.84. The molecule has 156 valence electrons. The van der Waals surface area contributed by atoms with Gasteiger partial charge in [0.1, 0.15) is 11.6 Å². The third-order valence-corrected chi connectivity index (χ3v) is 5.21. The number of H-pyrrole nitrogens is 1. The smallest absolute Gasteiger partial charge is 0.319 e. The predicted molar refractivity (Wildman–Crippen MR) is 119 cm³/mol. The molecule has 0 saturated carbocycles. The Hall–Kier alpha value is -3.40. The minimum Gasteiger partial charge on any atom is -0.336 e. The number of urea groups is 1. The lowest BCUT2D eigenvalue weighted by Crippen LogP contribution is -2.34. The highest BCUT2D eigenvalue weighted by Gasteiger charge is 2.19. The van der Waals surface area contributed by atoms with Gasteiger partial charge in [-0.2, -0.15) is 5.10 Å². The van der Waals surface area contributed by atoms with Gasteiger partial charge in [-0.25, -0.2) is 9.78 Å². The summed E-state index contributed by atoms with van der Waals surface area (Å²) in [4.78, 5) is 17.3. The van der Waals surface area contributed by atoms with E-state index in [1.165, 1.54) is 0 Å². The maximum Gasteiger partial charge on any atom is 0.319 e. The molecule has 4 N–H and O–H groups in total. The van der Waals surface area contributed by atoms with Gasteiger partial charge in [0.15, 0.2) is 5.82 Å². The summed E-state index contributed by atoms with van der Waals surface area (Å²) in [6.45, 7) is 6.47. The van der Waals surface area contributed by atoms with Crippen LogP contribution in [0.2, 0.25) is 0 Å². The second-order valence-corrected chi connectivity index (χ2v) is 8.36. The topological polar surface area (TPSA) is 103 Å². The monoisotopic (exact) mass is 424 g/mol. The fourth-order valence-electron chi connectivity index (χ4n) is 2.98. The van der Waals surface area contributed by atoms with E-state index in [2.05, 4.69) is 35.4 Å². The van der Waals surface area contributed by atoms with Crippen LogP contribution in [0.1, 0.15) is 25.4 Å². The van der Waals surface area contributed by atoms with Crippen LogP contribution in [0.4, 0.5) is 16.3 Å². The molecule has 1 aromatic carbocycles. The van der Waals surface area contributed by atoms with Crippen LogP contribution >= 0.6 is 11.9 Å². The number of amides is 2. The van der Waals surface area contributed by atoms with Gasteiger partial charge in [-0.05, 0) is 57.0 Å². The number of aromatic amines is 1. The van der Waals surface area contributed by atoms with Crippen LogP contribution in [-0.2, 0) is 6.54 Å². The standard InChI is InChI=1S/C20H24N8OS/c1-13(2)22-20(29)23-15-4-6-16(7-5-15)30-27-11-18-21-8-9-28(18)19(12-27)24-17-10-14(3)25-26-17/h4-10,12-13H,11H2,1-3H3,(H2,22,23,29)(H2,24,25,26). The Labute approximate surface area is 179 Å². The molecule has 4 rings (SSSR count). The third kappa shape index (κ3) is 4.77. The lowest BCUT2D eigenvalue weighted by molar-refractivity contribution is 0.250. The molecule has 0 fully saturated rings. The van der Waals surface area contributed by atoms with Crippen LogP contribution < -0.4 is 16.0 Å². The molecule has 1 aliphatic heterocycles. The number of imidazole rings is 1. The molecule has 0 bridgehead atoms. The summed E-state index contributed by atoms with van der Waals surface area (Å²) >= 11 is 1.60. The summed E-state index contributed by atoms with van der Waals surface area (Å²) in [6, 6.07) is 9.58. The number of aryl methyl sites for hydroxylation is 1. The van der Waals surface area contributed by atoms with Crippen molar-refractivity contribution in [3.63, 3.8) is 0 Å². The molecule has 0 unspecified atom stereocenters. The van der Waals surface area contributed by atoms with E-state index in [1.54, 1.807) is 18.1 Å². The Kier molecular flexibility index (Phi) is 5.66. The molecule has 2 amide bonds. The lowest BCUT2D eigenvalue weighted by atomic mass is 10.3. The van der Waals surface area contributed by atoms with Gasteiger partial charge in [0.2, 0.25) is 0 Å². The highest BCUT2D eigenvalue weighted by molar-refractivity contribution is 7.97. The van der Waals surface area contributed by atoms with E-state index >= 15 is 0 Å². The van der Waals surface area contributed by atoms with Crippen LogP contribution in [0, 0.1) is 6.92 Å². The maximum absolute atomic E-state index is 11.8. The fourth-order valence-corrected chi connectivity index (χ4v) is 3.84. The average molecular weight is 425 g/mol. The Morgan fingerprint density at radius 1 is 1.27 bits per heavy atom. The van der Waals surface area contributed by atoms with Crippen LogP contribution in [0.5, 0.6) is 0 Å². The van der Waals surface area contributed by atoms with Gasteiger partial charge < -0.3 is 20.3 Å². The van der Waals surface area contributed by atoms with E-state index in [0.717, 1.165) is 33.7 Å². The van der Waals surface area contributed by atoms with Crippen molar-refractivity contribution in [2.24, 2.45) is 0 Å². The van der Waals surface area contributed by atoms with E-state index in [0.29, 0.717) is 6.54 Å². The zero-order valence-electron chi connectivity index (χ0n) is 17.0. The van der Waals surface area contributed by atoms with Gasteiger partial charge in [0, 0.05) is 40.8 Å². The Morgan fingerprint density at radius 2 is 2.07 bits per heavy atom. The van der Waals surface area contributed by atoms with Gasteiger partial charge in [0.05, 0.1) is 12.7 Å². The first kappa shape index (κ1) is 19.9. The van der Waals surface area contributed by atoms with Crippen molar-refractivity contribution in [2.45, 2.75) is 38.3 Å². The number of aromatic nitrogens is 4. The summed E-state index contributed by atoms with van der Waals surface area (Å²) < 4.78 is 4.12. The molecule has 0 atom stereocenters. The zero-order chi connectivity index (χ0) is 21.1. The largest absolute Gasteiger partial charge is 0.336 e. The van der Waals surface area contributed by atoms with Crippen molar-refractivity contribution in [1.82, 2.24) is 29.4 Å². The molecule has 0 aliphatic carbocycles. The number of rotatable bonds is 6. The number of carbonyl (C=O) groups is 1. The summed E-state index contributed by atoms with van der Waals surface area (Å²) in [7, 11) is 0. The normalized spacial score (nSPS) is 13.1. The van der Waals surface area contributed by atoms with Crippen molar-refractivity contribution in [3.8, 4) is 0 Å². The fraction of sp³-hybridized carbons (Fsp3) is 0.250. The molecular formula is C20H24N8OS. The second kappa shape index (κ2) is 8.54. The van der Waals surface area contributed by atoms with Gasteiger partial charge in [-0.15, -0.1) is 0 Å². The number of nitrogens with one attached hydrogen (secondary N) is 4. The summed E-state index contributed by atoms with van der Waals surface area (Å²) in [6.07, 6.45) is 5.75. The molecule has 30 heavy (non-hydrogen) atoms. The van der Waals surface area contributed by atoms with E-state index in [9.17, 15) is 4.79 Å². The first-order valence-electron chi connectivity index (χ1n) is 9.62. The summed E-state index contributed by atoms with van der Waals surface area (Å²) in [5.41, 5.74) is 1.74. The molecule has 9 nitrogen and oxygen atoms in total. The molecular weight excluding hydrogens is 400 g/mol. The van der Waals surface area contributed by atoms with Crippen molar-refractivity contribution in [3.05, 3.63) is 60.4 Å². The number of nitrogens with zero attached hydrogens (tertiary/aromatic N) is 4. The molecule has 0 spiro atoms. The van der Waals surface area contributed by atoms with Crippen LogP contribution in [0.3, 0.4) is 0 Å². The van der Waals surface area contributed by atoms with E-state index in [1.807, 2.05) is 68.1 Å². The lowest BCUT2D eigenvalue weighted by Gasteiger charge is -2.26. The van der Waals surface area contributed by atoms with Crippen molar-refractivity contribution in [1.29, 1.82) is 0 Å². The Balaban J connectivity index is 1.45. The quantitative estimate of drug-likeness (QED) is 0.449. The number of hydrogen-bond acceptors (Lipinski definition) is 6. The number of anilines is 2. The van der Waals surface area contributed by atoms with Gasteiger partial charge in [-0.1, -0.05) is 0 Å². The highest BCUT2D eigenvalue weighted by Crippen LogP contribution is 2.30. The van der Waals surface area contributed by atoms with Gasteiger partial charge in [0.25, 0.3) is 0 Å². The van der Waals surface area contributed by atoms with Crippen molar-refractivity contribution >= 4 is 35.3 Å². The van der Waals surface area contributed by atoms with E-state index in [-0.39, 0.29) is 12.1 Å². The summed E-state index contributed by atoms with van der Waals surface area (Å²) in [5, 5.41) is 16.2. The first-order valence-corrected chi connectivity index (χ1v) is 10.4. The van der Waals surface area contributed by atoms with Crippen molar-refractivity contribution < 1.29 is 4.79 Å². The van der Waals surface area contributed by atoms with Crippen LogP contribution in [0.15, 0.2) is 53.8 Å². The van der Waals surface area contributed by atoms with Crippen molar-refractivity contribution in [2.75, 3.05) is 10.6 Å². The third-order valence-electron chi connectivity index (χ3n) is 4.26. The Bertz CT molecular complexity index is 1050. The zero-order valence-corrected chi connectivity index (χ0v) is 17.8. The molecule has 10 heteroatoms. The number of carbonyl (C=O) groups excluding carboxylic acids is 1. The molecule has 1 aliphatic rings. The molecule has 2 aromatic heterocycles. The van der Waals surface area contributed by atoms with Crippen LogP contribution in [0.25, 0.3) is 5.82 Å². The maximum atomic E-state index is 11.8. The number of benzene rings is 1. The number of fused-ring (bicyclic) bond motifs is 1. The molecule has 3 heterocycles. The first-order chi connectivity index (χ1) is 14.5. The van der Waals surface area contributed by atoms with E-state index < -0.39 is 0 Å².